The Kier molecular flexibility index (Phi) is 12.5. The number of carbonyl (C=O) groups is 3. The maximum absolute atomic E-state index is 12.9. The molecule has 1 unspecified atom stereocenters. The van der Waals surface area contributed by atoms with Crippen LogP contribution >= 0.6 is 0 Å². The molecule has 0 spiro atoms. The fraction of sp³-hybridized carbons (Fsp3) is 0.324. The number of hydrogen-bond acceptors (Lipinski definition) is 9. The molecule has 242 valence electrons. The Bertz CT molecular complexity index is 1540. The van der Waals surface area contributed by atoms with Crippen molar-refractivity contribution in [1.29, 1.82) is 0 Å². The minimum absolute atomic E-state index is 0.0642. The normalized spacial score (nSPS) is 12.8. The van der Waals surface area contributed by atoms with Crippen LogP contribution in [0.15, 0.2) is 85.5 Å². The summed E-state index contributed by atoms with van der Waals surface area (Å²) in [5.74, 6) is 0.509. The summed E-state index contributed by atoms with van der Waals surface area (Å²) < 4.78 is 27.3. The number of unbranched alkanes of at least 4 members (excludes halogenated alkanes) is 3. The molecule has 0 amide bonds. The molecular formula is C37H40O9. The predicted octanol–water partition coefficient (Wildman–Crippen LogP) is 6.57. The Morgan fingerprint density at radius 3 is 1.98 bits per heavy atom. The average molecular weight is 629 g/mol. The van der Waals surface area contributed by atoms with Crippen LogP contribution in [0, 0.1) is 0 Å². The van der Waals surface area contributed by atoms with Gasteiger partial charge in [-0.25, -0.2) is 14.4 Å². The number of aliphatic hydroxyl groups is 1. The molecule has 0 aliphatic heterocycles. The molecule has 0 aromatic heterocycles. The molecule has 1 aliphatic rings. The number of hydrogen-bond donors (Lipinski definition) is 1. The zero-order valence-corrected chi connectivity index (χ0v) is 26.1. The molecule has 1 atom stereocenters. The largest absolute Gasteiger partial charge is 0.494 e. The highest BCUT2D eigenvalue weighted by Gasteiger charge is 2.27. The van der Waals surface area contributed by atoms with E-state index in [-0.39, 0.29) is 18.1 Å². The van der Waals surface area contributed by atoms with Crippen LogP contribution in [0.25, 0.3) is 11.1 Å². The van der Waals surface area contributed by atoms with Crippen LogP contribution in [0.4, 0.5) is 0 Å². The quantitative estimate of drug-likeness (QED) is 0.0723. The molecule has 0 bridgehead atoms. The average Bonchev–Trinajstić information content (AvgIpc) is 3.35. The molecule has 0 saturated heterocycles. The predicted molar refractivity (Wildman–Crippen MR) is 173 cm³/mol. The van der Waals surface area contributed by atoms with E-state index in [1.54, 1.807) is 24.3 Å². The SMILES string of the molecule is C=CC(=O)OCCCOc1ccc(C(=O)Oc2ccc3c(c2)C(C)c2cc(OCCCCCCOC(=O)C(=C)CO)ccc2-3)cc1. The molecule has 46 heavy (non-hydrogen) atoms. The third-order valence-electron chi connectivity index (χ3n) is 7.56. The third-order valence-corrected chi connectivity index (χ3v) is 7.56. The summed E-state index contributed by atoms with van der Waals surface area (Å²) in [6.45, 7) is 10.0. The molecule has 3 aromatic rings. The van der Waals surface area contributed by atoms with Gasteiger partial charge in [0.2, 0.25) is 0 Å². The van der Waals surface area contributed by atoms with Gasteiger partial charge in [-0.05, 0) is 96.5 Å². The molecular weight excluding hydrogens is 588 g/mol. The Morgan fingerprint density at radius 2 is 1.30 bits per heavy atom. The van der Waals surface area contributed by atoms with Crippen molar-refractivity contribution in [1.82, 2.24) is 0 Å². The van der Waals surface area contributed by atoms with Crippen LogP contribution in [0.5, 0.6) is 17.2 Å². The second kappa shape index (κ2) is 17.0. The van der Waals surface area contributed by atoms with E-state index >= 15 is 0 Å². The highest BCUT2D eigenvalue weighted by molar-refractivity contribution is 5.91. The fourth-order valence-electron chi connectivity index (χ4n) is 5.02. The summed E-state index contributed by atoms with van der Waals surface area (Å²) in [4.78, 5) is 35.4. The number of fused-ring (bicyclic) bond motifs is 3. The fourth-order valence-corrected chi connectivity index (χ4v) is 5.02. The number of aliphatic hydroxyl groups excluding tert-OH is 1. The van der Waals surface area contributed by atoms with Gasteiger partial charge in [-0.2, -0.15) is 0 Å². The van der Waals surface area contributed by atoms with Crippen molar-refractivity contribution in [2.24, 2.45) is 0 Å². The summed E-state index contributed by atoms with van der Waals surface area (Å²) >= 11 is 0. The van der Waals surface area contributed by atoms with Crippen LogP contribution < -0.4 is 14.2 Å². The van der Waals surface area contributed by atoms with Crippen molar-refractivity contribution in [2.75, 3.05) is 33.0 Å². The van der Waals surface area contributed by atoms with Gasteiger partial charge in [0.15, 0.2) is 0 Å². The first-order valence-corrected chi connectivity index (χ1v) is 15.4. The zero-order valence-electron chi connectivity index (χ0n) is 26.1. The number of rotatable bonds is 18. The number of carbonyl (C=O) groups excluding carboxylic acids is 3. The van der Waals surface area contributed by atoms with Crippen molar-refractivity contribution >= 4 is 17.9 Å². The third kappa shape index (κ3) is 9.31. The Labute approximate surface area is 269 Å². The summed E-state index contributed by atoms with van der Waals surface area (Å²) in [6, 6.07) is 18.6. The Hall–Kier alpha value is -4.89. The van der Waals surface area contributed by atoms with Crippen molar-refractivity contribution in [3.63, 3.8) is 0 Å². The van der Waals surface area contributed by atoms with Crippen molar-refractivity contribution in [3.05, 3.63) is 102 Å². The van der Waals surface area contributed by atoms with Crippen LogP contribution in [0.3, 0.4) is 0 Å². The van der Waals surface area contributed by atoms with Gasteiger partial charge in [-0.1, -0.05) is 32.2 Å². The van der Waals surface area contributed by atoms with E-state index < -0.39 is 24.5 Å². The van der Waals surface area contributed by atoms with Gasteiger partial charge in [0.05, 0.1) is 44.2 Å². The van der Waals surface area contributed by atoms with Gasteiger partial charge in [-0.15, -0.1) is 0 Å². The van der Waals surface area contributed by atoms with E-state index in [0.717, 1.165) is 59.8 Å². The lowest BCUT2D eigenvalue weighted by Gasteiger charge is -2.11. The van der Waals surface area contributed by atoms with E-state index in [9.17, 15) is 14.4 Å². The summed E-state index contributed by atoms with van der Waals surface area (Å²) in [5, 5.41) is 8.89. The van der Waals surface area contributed by atoms with Crippen LogP contribution in [-0.4, -0.2) is 56.0 Å². The smallest absolute Gasteiger partial charge is 0.343 e. The van der Waals surface area contributed by atoms with Crippen LogP contribution in [0.1, 0.15) is 66.4 Å². The summed E-state index contributed by atoms with van der Waals surface area (Å²) in [6.07, 6.45) is 5.13. The monoisotopic (exact) mass is 628 g/mol. The highest BCUT2D eigenvalue weighted by Crippen LogP contribution is 2.47. The Morgan fingerprint density at radius 1 is 0.739 bits per heavy atom. The van der Waals surface area contributed by atoms with Crippen molar-refractivity contribution in [2.45, 2.75) is 44.9 Å². The lowest BCUT2D eigenvalue weighted by molar-refractivity contribution is -0.140. The molecule has 3 aromatic carbocycles. The molecule has 9 nitrogen and oxygen atoms in total. The van der Waals surface area contributed by atoms with E-state index in [2.05, 4.69) is 32.2 Å². The van der Waals surface area contributed by atoms with Crippen molar-refractivity contribution < 1.29 is 43.2 Å². The van der Waals surface area contributed by atoms with E-state index in [0.29, 0.717) is 43.3 Å². The molecule has 1 N–H and O–H groups in total. The second-order valence-electron chi connectivity index (χ2n) is 10.9. The molecule has 4 rings (SSSR count). The summed E-state index contributed by atoms with van der Waals surface area (Å²) in [5.41, 5.74) is 4.96. The standard InChI is InChI=1S/C37H40O9/c1-4-35(39)44-21-9-20-42-28-12-10-27(11-13-28)37(41)46-30-15-17-32-31-16-14-29(22-33(31)26(3)34(32)23-30)43-18-7-5-6-8-19-45-36(40)25(2)24-38/h4,10-17,22-23,26,38H,1-2,5-9,18-21,24H2,3H3. The lowest BCUT2D eigenvalue weighted by atomic mass is 9.99. The zero-order chi connectivity index (χ0) is 32.9. The van der Waals surface area contributed by atoms with Gasteiger partial charge in [-0.3, -0.25) is 0 Å². The number of ether oxygens (including phenoxy) is 5. The maximum atomic E-state index is 12.9. The minimum Gasteiger partial charge on any atom is -0.494 e. The number of benzene rings is 3. The molecule has 0 radical (unpaired) electrons. The van der Waals surface area contributed by atoms with Gasteiger partial charge in [0, 0.05) is 18.4 Å². The van der Waals surface area contributed by atoms with Gasteiger partial charge in [0.1, 0.15) is 17.2 Å². The summed E-state index contributed by atoms with van der Waals surface area (Å²) in [7, 11) is 0. The first-order chi connectivity index (χ1) is 22.3. The lowest BCUT2D eigenvalue weighted by Crippen LogP contribution is -2.10. The number of esters is 3. The minimum atomic E-state index is -0.551. The molecule has 0 saturated carbocycles. The van der Waals surface area contributed by atoms with Crippen molar-refractivity contribution in [3.8, 4) is 28.4 Å². The topological polar surface area (TPSA) is 118 Å². The molecule has 9 heteroatoms. The van der Waals surface area contributed by atoms with E-state index in [1.807, 2.05) is 24.3 Å². The van der Waals surface area contributed by atoms with E-state index in [4.69, 9.17) is 28.8 Å². The maximum Gasteiger partial charge on any atom is 0.343 e. The van der Waals surface area contributed by atoms with Gasteiger partial charge >= 0.3 is 17.9 Å². The first kappa shape index (κ1) is 34.0. The first-order valence-electron chi connectivity index (χ1n) is 15.4. The van der Waals surface area contributed by atoms with Gasteiger partial charge < -0.3 is 28.8 Å². The van der Waals surface area contributed by atoms with E-state index in [1.165, 1.54) is 0 Å². The molecule has 1 aliphatic carbocycles. The van der Waals surface area contributed by atoms with Crippen LogP contribution in [-0.2, 0) is 19.1 Å². The Balaban J connectivity index is 1.22. The van der Waals surface area contributed by atoms with Crippen LogP contribution in [0.2, 0.25) is 0 Å². The highest BCUT2D eigenvalue weighted by atomic mass is 16.5. The van der Waals surface area contributed by atoms with Gasteiger partial charge in [0.25, 0.3) is 0 Å². The second-order valence-corrected chi connectivity index (χ2v) is 10.9. The molecule has 0 fully saturated rings. The molecule has 0 heterocycles.